The molecule has 1 amide bonds. The maximum Gasteiger partial charge on any atom is 0.270 e. The van der Waals surface area contributed by atoms with E-state index in [4.69, 9.17) is 16.3 Å². The van der Waals surface area contributed by atoms with Gasteiger partial charge >= 0.3 is 0 Å². The molecule has 3 rings (SSSR count). The van der Waals surface area contributed by atoms with Gasteiger partial charge in [-0.3, -0.25) is 14.9 Å². The number of carbonyl (C=O) groups is 1. The first-order valence-corrected chi connectivity index (χ1v) is 9.33. The summed E-state index contributed by atoms with van der Waals surface area (Å²) in [5.41, 5.74) is 3.01. The van der Waals surface area contributed by atoms with Gasteiger partial charge in [0.25, 0.3) is 11.6 Å². The molecule has 0 fully saturated rings. The van der Waals surface area contributed by atoms with Gasteiger partial charge in [0.1, 0.15) is 0 Å². The number of ether oxygens (including phenoxy) is 1. The van der Waals surface area contributed by atoms with Crippen LogP contribution in [0.15, 0.2) is 72.8 Å². The van der Waals surface area contributed by atoms with Crippen LogP contribution in [0, 0.1) is 10.1 Å². The van der Waals surface area contributed by atoms with Gasteiger partial charge in [0.2, 0.25) is 0 Å². The SMILES string of the molecule is O=C(NCc1ccccc1COCc1ccccc1)c1ccc([N+](=O)[O-])cc1Cl. The topological polar surface area (TPSA) is 81.5 Å². The van der Waals surface area contributed by atoms with E-state index >= 15 is 0 Å². The molecule has 0 atom stereocenters. The predicted molar refractivity (Wildman–Crippen MR) is 111 cm³/mol. The zero-order chi connectivity index (χ0) is 20.6. The first-order chi connectivity index (χ1) is 14.0. The lowest BCUT2D eigenvalue weighted by Gasteiger charge is -2.12. The molecule has 0 radical (unpaired) electrons. The Hall–Kier alpha value is -3.22. The van der Waals surface area contributed by atoms with E-state index in [2.05, 4.69) is 5.32 Å². The molecule has 7 heteroatoms. The monoisotopic (exact) mass is 410 g/mol. The Balaban J connectivity index is 1.60. The second kappa shape index (κ2) is 9.82. The van der Waals surface area contributed by atoms with Crippen molar-refractivity contribution in [3.05, 3.63) is 110 Å². The average Bonchev–Trinajstić information content (AvgIpc) is 2.73. The van der Waals surface area contributed by atoms with Crippen LogP contribution in [0.1, 0.15) is 27.0 Å². The Morgan fingerprint density at radius 3 is 2.34 bits per heavy atom. The molecule has 1 N–H and O–H groups in total. The van der Waals surface area contributed by atoms with Crippen LogP contribution < -0.4 is 5.32 Å². The van der Waals surface area contributed by atoms with Crippen LogP contribution in [-0.4, -0.2) is 10.8 Å². The van der Waals surface area contributed by atoms with E-state index in [1.165, 1.54) is 18.2 Å². The number of halogens is 1. The molecule has 0 saturated heterocycles. The van der Waals surface area contributed by atoms with Crippen molar-refractivity contribution in [2.24, 2.45) is 0 Å². The van der Waals surface area contributed by atoms with Crippen molar-refractivity contribution in [2.75, 3.05) is 0 Å². The molecular weight excluding hydrogens is 392 g/mol. The van der Waals surface area contributed by atoms with E-state index in [1.54, 1.807) is 0 Å². The van der Waals surface area contributed by atoms with E-state index in [0.717, 1.165) is 16.7 Å². The van der Waals surface area contributed by atoms with E-state index in [0.29, 0.717) is 13.2 Å². The summed E-state index contributed by atoms with van der Waals surface area (Å²) in [6, 6.07) is 21.3. The number of non-ortho nitro benzene ring substituents is 1. The average molecular weight is 411 g/mol. The second-order valence-electron chi connectivity index (χ2n) is 6.35. The van der Waals surface area contributed by atoms with Crippen molar-refractivity contribution in [1.29, 1.82) is 0 Å². The summed E-state index contributed by atoms with van der Waals surface area (Å²) in [5.74, 6) is -0.398. The molecule has 0 aliphatic carbocycles. The van der Waals surface area contributed by atoms with E-state index in [-0.39, 0.29) is 22.8 Å². The van der Waals surface area contributed by atoms with Crippen molar-refractivity contribution >= 4 is 23.2 Å². The lowest BCUT2D eigenvalue weighted by Crippen LogP contribution is -2.23. The normalized spacial score (nSPS) is 10.5. The summed E-state index contributed by atoms with van der Waals surface area (Å²) < 4.78 is 5.79. The number of nitro benzene ring substituents is 1. The zero-order valence-electron chi connectivity index (χ0n) is 15.5. The number of hydrogen-bond acceptors (Lipinski definition) is 4. The summed E-state index contributed by atoms with van der Waals surface area (Å²) in [4.78, 5) is 22.7. The minimum Gasteiger partial charge on any atom is -0.372 e. The number of nitro groups is 1. The lowest BCUT2D eigenvalue weighted by atomic mass is 10.1. The number of amides is 1. The van der Waals surface area contributed by atoms with Gasteiger partial charge in [0, 0.05) is 18.7 Å². The molecule has 3 aromatic rings. The highest BCUT2D eigenvalue weighted by Crippen LogP contribution is 2.22. The Kier molecular flexibility index (Phi) is 6.94. The molecule has 6 nitrogen and oxygen atoms in total. The second-order valence-corrected chi connectivity index (χ2v) is 6.76. The van der Waals surface area contributed by atoms with Crippen molar-refractivity contribution in [3.8, 4) is 0 Å². The number of nitrogens with zero attached hydrogens (tertiary/aromatic N) is 1. The van der Waals surface area contributed by atoms with Gasteiger partial charge in [-0.2, -0.15) is 0 Å². The Morgan fingerprint density at radius 1 is 0.966 bits per heavy atom. The van der Waals surface area contributed by atoms with Crippen molar-refractivity contribution in [3.63, 3.8) is 0 Å². The number of carbonyl (C=O) groups excluding carboxylic acids is 1. The smallest absolute Gasteiger partial charge is 0.270 e. The van der Waals surface area contributed by atoms with Crippen LogP contribution in [0.3, 0.4) is 0 Å². The van der Waals surface area contributed by atoms with E-state index in [1.807, 2.05) is 54.6 Å². The fourth-order valence-corrected chi connectivity index (χ4v) is 3.06. The number of benzene rings is 3. The third kappa shape index (κ3) is 5.63. The summed E-state index contributed by atoms with van der Waals surface area (Å²) in [6.07, 6.45) is 0. The third-order valence-corrected chi connectivity index (χ3v) is 4.65. The quantitative estimate of drug-likeness (QED) is 0.423. The van der Waals surface area contributed by atoms with Gasteiger partial charge in [-0.05, 0) is 22.8 Å². The largest absolute Gasteiger partial charge is 0.372 e. The van der Waals surface area contributed by atoms with Crippen molar-refractivity contribution in [1.82, 2.24) is 5.32 Å². The predicted octanol–water partition coefficient (Wildman–Crippen LogP) is 4.90. The molecule has 3 aromatic carbocycles. The first-order valence-electron chi connectivity index (χ1n) is 8.95. The Morgan fingerprint density at radius 2 is 1.66 bits per heavy atom. The molecule has 0 heterocycles. The minimum absolute atomic E-state index is 0.0381. The maximum atomic E-state index is 12.4. The van der Waals surface area contributed by atoms with Crippen LogP contribution >= 0.6 is 11.6 Å². The van der Waals surface area contributed by atoms with Gasteiger partial charge in [-0.1, -0.05) is 66.2 Å². The molecule has 29 heavy (non-hydrogen) atoms. The minimum atomic E-state index is -0.556. The van der Waals surface area contributed by atoms with Crippen LogP contribution in [0.4, 0.5) is 5.69 Å². The third-order valence-electron chi connectivity index (χ3n) is 4.34. The number of nitrogens with one attached hydrogen (secondary N) is 1. The molecular formula is C22H19ClN2O4. The van der Waals surface area contributed by atoms with Crippen LogP contribution in [0.5, 0.6) is 0 Å². The van der Waals surface area contributed by atoms with Crippen molar-refractivity contribution < 1.29 is 14.5 Å². The summed E-state index contributed by atoms with van der Waals surface area (Å²) in [7, 11) is 0. The molecule has 0 aliphatic rings. The highest BCUT2D eigenvalue weighted by molar-refractivity contribution is 6.34. The molecule has 0 bridgehead atoms. The fraction of sp³-hybridized carbons (Fsp3) is 0.136. The van der Waals surface area contributed by atoms with Crippen LogP contribution in [0.25, 0.3) is 0 Å². The summed E-state index contributed by atoms with van der Waals surface area (Å²) >= 11 is 6.02. The first kappa shape index (κ1) is 20.5. The maximum absolute atomic E-state index is 12.4. The molecule has 0 saturated carbocycles. The lowest BCUT2D eigenvalue weighted by molar-refractivity contribution is -0.384. The van der Waals surface area contributed by atoms with Crippen LogP contribution in [0.2, 0.25) is 5.02 Å². The van der Waals surface area contributed by atoms with E-state index in [9.17, 15) is 14.9 Å². The zero-order valence-corrected chi connectivity index (χ0v) is 16.3. The van der Waals surface area contributed by atoms with Gasteiger partial charge < -0.3 is 10.1 Å². The van der Waals surface area contributed by atoms with Gasteiger partial charge in [0.15, 0.2) is 0 Å². The van der Waals surface area contributed by atoms with Crippen molar-refractivity contribution in [2.45, 2.75) is 19.8 Å². The summed E-state index contributed by atoms with van der Waals surface area (Å²) in [6.45, 7) is 1.20. The number of hydrogen-bond donors (Lipinski definition) is 1. The Labute approximate surface area is 173 Å². The molecule has 0 aliphatic heterocycles. The van der Waals surface area contributed by atoms with Gasteiger partial charge in [-0.25, -0.2) is 0 Å². The summed E-state index contributed by atoms with van der Waals surface area (Å²) in [5, 5.41) is 13.6. The van der Waals surface area contributed by atoms with Crippen LogP contribution in [-0.2, 0) is 24.5 Å². The molecule has 0 aromatic heterocycles. The van der Waals surface area contributed by atoms with Gasteiger partial charge in [-0.15, -0.1) is 0 Å². The Bertz CT molecular complexity index is 1010. The van der Waals surface area contributed by atoms with Gasteiger partial charge in [0.05, 0.1) is 28.7 Å². The fourth-order valence-electron chi connectivity index (χ4n) is 2.80. The molecule has 148 valence electrons. The molecule has 0 spiro atoms. The highest BCUT2D eigenvalue weighted by atomic mass is 35.5. The standard InChI is InChI=1S/C22H19ClN2O4/c23-21-12-19(25(27)28)10-11-20(21)22(26)24-13-17-8-4-5-9-18(17)15-29-14-16-6-2-1-3-7-16/h1-12H,13-15H2,(H,24,26). The molecule has 0 unspecified atom stereocenters. The highest BCUT2D eigenvalue weighted by Gasteiger charge is 2.15. The number of rotatable bonds is 8. The van der Waals surface area contributed by atoms with E-state index < -0.39 is 10.8 Å².